The van der Waals surface area contributed by atoms with Crippen LogP contribution in [-0.4, -0.2) is 55.6 Å². The summed E-state index contributed by atoms with van der Waals surface area (Å²) < 4.78 is 10.8. The number of benzene rings is 1. The summed E-state index contributed by atoms with van der Waals surface area (Å²) in [5.41, 5.74) is 2.85. The highest BCUT2D eigenvalue weighted by Crippen LogP contribution is 2.35. The van der Waals surface area contributed by atoms with Crippen molar-refractivity contribution in [3.63, 3.8) is 0 Å². The number of aromatic nitrogens is 1. The summed E-state index contributed by atoms with van der Waals surface area (Å²) in [5.74, 6) is -0.418. The predicted molar refractivity (Wildman–Crippen MR) is 123 cm³/mol. The SMILES string of the molecule is CCN(c1ccc([C@@H](COC)CC(=O)O)cc1Nc1ccc(Cl)cn1)C1CCOCC1. The molecule has 1 aromatic carbocycles. The summed E-state index contributed by atoms with van der Waals surface area (Å²) in [6.45, 7) is 4.85. The molecule has 0 aliphatic carbocycles. The highest BCUT2D eigenvalue weighted by atomic mass is 35.5. The van der Waals surface area contributed by atoms with Crippen LogP contribution in [0.1, 0.15) is 37.7 Å². The molecule has 0 spiro atoms. The molecule has 0 unspecified atom stereocenters. The Morgan fingerprint density at radius 3 is 2.74 bits per heavy atom. The second-order valence-electron chi connectivity index (χ2n) is 7.64. The number of ether oxygens (including phenoxy) is 2. The number of rotatable bonds is 10. The van der Waals surface area contributed by atoms with Crippen molar-refractivity contribution in [3.05, 3.63) is 47.1 Å². The fourth-order valence-electron chi connectivity index (χ4n) is 4.05. The van der Waals surface area contributed by atoms with Gasteiger partial charge in [-0.25, -0.2) is 4.98 Å². The fourth-order valence-corrected chi connectivity index (χ4v) is 4.16. The third kappa shape index (κ3) is 6.32. The lowest BCUT2D eigenvalue weighted by Gasteiger charge is -2.36. The summed E-state index contributed by atoms with van der Waals surface area (Å²) in [4.78, 5) is 18.1. The molecule has 0 amide bonds. The van der Waals surface area contributed by atoms with Gasteiger partial charge in [-0.15, -0.1) is 0 Å². The van der Waals surface area contributed by atoms with Crippen molar-refractivity contribution in [1.82, 2.24) is 4.98 Å². The zero-order valence-corrected chi connectivity index (χ0v) is 18.8. The van der Waals surface area contributed by atoms with E-state index in [4.69, 9.17) is 21.1 Å². The van der Waals surface area contributed by atoms with E-state index in [1.165, 1.54) is 0 Å². The number of methoxy groups -OCH3 is 1. The van der Waals surface area contributed by atoms with Crippen LogP contribution in [0, 0.1) is 0 Å². The molecule has 2 aromatic rings. The predicted octanol–water partition coefficient (Wildman–Crippen LogP) is 4.69. The van der Waals surface area contributed by atoms with E-state index in [0.717, 1.165) is 49.5 Å². The maximum Gasteiger partial charge on any atom is 0.304 e. The third-order valence-corrected chi connectivity index (χ3v) is 5.78. The molecular formula is C23H30ClN3O4. The second-order valence-corrected chi connectivity index (χ2v) is 8.08. The molecule has 8 heteroatoms. The Morgan fingerprint density at radius 1 is 1.35 bits per heavy atom. The number of carboxylic acids is 1. The molecular weight excluding hydrogens is 418 g/mol. The fraction of sp³-hybridized carbons (Fsp3) is 0.478. The van der Waals surface area contributed by atoms with Crippen LogP contribution in [0.25, 0.3) is 0 Å². The van der Waals surface area contributed by atoms with E-state index in [1.54, 1.807) is 19.4 Å². The lowest BCUT2D eigenvalue weighted by molar-refractivity contribution is -0.137. The molecule has 31 heavy (non-hydrogen) atoms. The van der Waals surface area contributed by atoms with Gasteiger partial charge in [0.1, 0.15) is 5.82 Å². The van der Waals surface area contributed by atoms with Crippen molar-refractivity contribution < 1.29 is 19.4 Å². The van der Waals surface area contributed by atoms with E-state index >= 15 is 0 Å². The molecule has 1 aliphatic heterocycles. The zero-order valence-electron chi connectivity index (χ0n) is 18.0. The van der Waals surface area contributed by atoms with Gasteiger partial charge in [0.2, 0.25) is 0 Å². The van der Waals surface area contributed by atoms with Crippen LogP contribution in [-0.2, 0) is 14.3 Å². The van der Waals surface area contributed by atoms with E-state index in [0.29, 0.717) is 23.5 Å². The minimum atomic E-state index is -0.850. The maximum absolute atomic E-state index is 11.4. The minimum absolute atomic E-state index is 0.00325. The first-order valence-corrected chi connectivity index (χ1v) is 11.0. The summed E-state index contributed by atoms with van der Waals surface area (Å²) in [6, 6.07) is 10.1. The van der Waals surface area contributed by atoms with Gasteiger partial charge >= 0.3 is 5.97 Å². The van der Waals surface area contributed by atoms with Gasteiger partial charge in [0, 0.05) is 45.0 Å². The number of hydrogen-bond donors (Lipinski definition) is 2. The topological polar surface area (TPSA) is 83.9 Å². The number of nitrogens with zero attached hydrogens (tertiary/aromatic N) is 2. The Morgan fingerprint density at radius 2 is 2.13 bits per heavy atom. The van der Waals surface area contributed by atoms with E-state index in [1.807, 2.05) is 18.2 Å². The Balaban J connectivity index is 1.99. The van der Waals surface area contributed by atoms with Crippen LogP contribution in [0.3, 0.4) is 0 Å². The van der Waals surface area contributed by atoms with E-state index in [2.05, 4.69) is 28.2 Å². The van der Waals surface area contributed by atoms with Crippen molar-refractivity contribution in [2.45, 2.75) is 38.1 Å². The van der Waals surface area contributed by atoms with Crippen molar-refractivity contribution in [3.8, 4) is 0 Å². The van der Waals surface area contributed by atoms with Crippen molar-refractivity contribution in [1.29, 1.82) is 0 Å². The lowest BCUT2D eigenvalue weighted by atomic mass is 9.95. The van der Waals surface area contributed by atoms with Gasteiger partial charge in [-0.1, -0.05) is 17.7 Å². The average Bonchev–Trinajstić information content (AvgIpc) is 2.77. The van der Waals surface area contributed by atoms with Crippen LogP contribution in [0.2, 0.25) is 5.02 Å². The van der Waals surface area contributed by atoms with Crippen LogP contribution in [0.4, 0.5) is 17.2 Å². The molecule has 0 radical (unpaired) electrons. The Bertz CT molecular complexity index is 856. The van der Waals surface area contributed by atoms with Gasteiger partial charge < -0.3 is 24.8 Å². The standard InChI is InChI=1S/C23H30ClN3O4/c1-3-27(19-8-10-31-11-9-19)21-6-4-16(17(15-30-2)13-23(28)29)12-20(21)26-22-7-5-18(24)14-25-22/h4-7,12,14,17,19H,3,8-11,13,15H2,1-2H3,(H,25,26)(H,28,29)/t17-/m1/s1. The molecule has 0 bridgehead atoms. The van der Waals surface area contributed by atoms with Gasteiger partial charge in [-0.2, -0.15) is 0 Å². The summed E-state index contributed by atoms with van der Waals surface area (Å²) >= 11 is 5.99. The molecule has 1 aromatic heterocycles. The van der Waals surface area contributed by atoms with Gasteiger partial charge in [0.05, 0.1) is 29.4 Å². The number of pyridine rings is 1. The van der Waals surface area contributed by atoms with Gasteiger partial charge in [-0.3, -0.25) is 4.79 Å². The van der Waals surface area contributed by atoms with Crippen molar-refractivity contribution in [2.75, 3.05) is 43.7 Å². The number of hydrogen-bond acceptors (Lipinski definition) is 6. The van der Waals surface area contributed by atoms with E-state index in [-0.39, 0.29) is 12.3 Å². The first-order valence-electron chi connectivity index (χ1n) is 10.6. The Kier molecular flexibility index (Phi) is 8.51. The summed E-state index contributed by atoms with van der Waals surface area (Å²) in [5, 5.41) is 13.3. The molecule has 1 aliphatic rings. The Labute approximate surface area is 188 Å². The van der Waals surface area contributed by atoms with Crippen molar-refractivity contribution >= 4 is 34.8 Å². The molecule has 168 valence electrons. The van der Waals surface area contributed by atoms with Crippen LogP contribution < -0.4 is 10.2 Å². The third-order valence-electron chi connectivity index (χ3n) is 5.55. The Hall–Kier alpha value is -2.35. The summed E-state index contributed by atoms with van der Waals surface area (Å²) in [7, 11) is 1.59. The van der Waals surface area contributed by atoms with Gasteiger partial charge in [-0.05, 0) is 49.6 Å². The molecule has 0 saturated carbocycles. The minimum Gasteiger partial charge on any atom is -0.481 e. The first kappa shape index (κ1) is 23.3. The monoisotopic (exact) mass is 447 g/mol. The van der Waals surface area contributed by atoms with E-state index in [9.17, 15) is 9.90 Å². The number of carbonyl (C=O) groups is 1. The molecule has 7 nitrogen and oxygen atoms in total. The van der Waals surface area contributed by atoms with E-state index < -0.39 is 5.97 Å². The highest BCUT2D eigenvalue weighted by Gasteiger charge is 2.24. The molecule has 1 saturated heterocycles. The molecule has 3 rings (SSSR count). The quantitative estimate of drug-likeness (QED) is 0.546. The average molecular weight is 448 g/mol. The highest BCUT2D eigenvalue weighted by molar-refractivity contribution is 6.30. The summed E-state index contributed by atoms with van der Waals surface area (Å²) in [6.07, 6.45) is 3.55. The lowest BCUT2D eigenvalue weighted by Crippen LogP contribution is -2.39. The van der Waals surface area contributed by atoms with Gasteiger partial charge in [0.15, 0.2) is 0 Å². The molecule has 2 N–H and O–H groups in total. The first-order chi connectivity index (χ1) is 15.0. The van der Waals surface area contributed by atoms with Crippen LogP contribution in [0.5, 0.6) is 0 Å². The van der Waals surface area contributed by atoms with Crippen molar-refractivity contribution in [2.24, 2.45) is 0 Å². The number of aliphatic carboxylic acids is 1. The molecule has 1 atom stereocenters. The number of nitrogens with one attached hydrogen (secondary N) is 1. The normalized spacial score (nSPS) is 15.5. The number of anilines is 3. The van der Waals surface area contributed by atoms with Crippen LogP contribution in [0.15, 0.2) is 36.5 Å². The van der Waals surface area contributed by atoms with Gasteiger partial charge in [0.25, 0.3) is 0 Å². The smallest absolute Gasteiger partial charge is 0.304 e. The maximum atomic E-state index is 11.4. The second kappa shape index (κ2) is 11.3. The zero-order chi connectivity index (χ0) is 22.2. The number of carboxylic acid groups (broad SMARTS) is 1. The molecule has 1 fully saturated rings. The molecule has 2 heterocycles. The largest absolute Gasteiger partial charge is 0.481 e. The number of halogens is 1. The van der Waals surface area contributed by atoms with Crippen LogP contribution >= 0.6 is 11.6 Å².